The zero-order valence-corrected chi connectivity index (χ0v) is 14.7. The second kappa shape index (κ2) is 9.74. The average molecular weight is 404 g/mol. The summed E-state index contributed by atoms with van der Waals surface area (Å²) >= 11 is 0. The summed E-state index contributed by atoms with van der Waals surface area (Å²) in [5.74, 6) is -2.31. The van der Waals surface area contributed by atoms with Gasteiger partial charge in [-0.3, -0.25) is 20.2 Å². The predicted octanol–water partition coefficient (Wildman–Crippen LogP) is 4.75. The fraction of sp³-hybridized carbons (Fsp3) is 0.0526. The van der Waals surface area contributed by atoms with E-state index >= 15 is 0 Å². The van der Waals surface area contributed by atoms with Gasteiger partial charge >= 0.3 is 0 Å². The lowest BCUT2D eigenvalue weighted by Crippen LogP contribution is -1.98. The third kappa shape index (κ3) is 6.24. The average Bonchev–Trinajstić information content (AvgIpc) is 2.70. The van der Waals surface area contributed by atoms with E-state index in [4.69, 9.17) is 9.84 Å². The summed E-state index contributed by atoms with van der Waals surface area (Å²) in [7, 11) is 0. The Labute approximate surface area is 162 Å². The molecule has 0 spiro atoms. The molecule has 3 aromatic rings. The highest BCUT2D eigenvalue weighted by Crippen LogP contribution is 2.23. The number of ether oxygens (including phenoxy) is 1. The van der Waals surface area contributed by atoms with Gasteiger partial charge in [0.2, 0.25) is 0 Å². The number of rotatable bonds is 5. The fourth-order valence-corrected chi connectivity index (χ4v) is 2.07. The summed E-state index contributed by atoms with van der Waals surface area (Å²) in [6, 6.07) is 15.2. The van der Waals surface area contributed by atoms with E-state index in [9.17, 15) is 29.0 Å². The summed E-state index contributed by atoms with van der Waals surface area (Å²) in [6.07, 6.45) is 0. The number of hydrogen-bond donors (Lipinski definition) is 1. The van der Waals surface area contributed by atoms with Crippen LogP contribution in [0.25, 0.3) is 0 Å². The van der Waals surface area contributed by atoms with Crippen molar-refractivity contribution in [2.45, 2.75) is 6.61 Å². The maximum atomic E-state index is 13.5. The lowest BCUT2D eigenvalue weighted by Gasteiger charge is -2.06. The molecule has 1 N–H and O–H groups in total. The lowest BCUT2D eigenvalue weighted by molar-refractivity contribution is -0.385. The van der Waals surface area contributed by atoms with Crippen LogP contribution >= 0.6 is 0 Å². The van der Waals surface area contributed by atoms with Gasteiger partial charge in [0.05, 0.1) is 22.0 Å². The number of nitrogens with zero attached hydrogens (tertiary/aromatic N) is 2. The van der Waals surface area contributed by atoms with E-state index in [1.165, 1.54) is 12.1 Å². The van der Waals surface area contributed by atoms with Crippen molar-refractivity contribution in [3.63, 3.8) is 0 Å². The van der Waals surface area contributed by atoms with E-state index in [0.29, 0.717) is 6.07 Å². The van der Waals surface area contributed by atoms with Crippen LogP contribution in [0.1, 0.15) is 5.56 Å². The number of aromatic hydroxyl groups is 1. The smallest absolute Gasteiger partial charge is 0.272 e. The van der Waals surface area contributed by atoms with Crippen molar-refractivity contribution in [2.24, 2.45) is 0 Å². The zero-order chi connectivity index (χ0) is 21.4. The number of halogens is 2. The van der Waals surface area contributed by atoms with E-state index < -0.39 is 27.2 Å². The number of hydrogen-bond acceptors (Lipinski definition) is 6. The van der Waals surface area contributed by atoms with E-state index in [0.717, 1.165) is 23.8 Å². The summed E-state index contributed by atoms with van der Waals surface area (Å²) in [6.45, 7) is 0.218. The van der Waals surface area contributed by atoms with Crippen LogP contribution in [0, 0.1) is 31.9 Å². The van der Waals surface area contributed by atoms with Crippen molar-refractivity contribution < 1.29 is 28.5 Å². The zero-order valence-electron chi connectivity index (χ0n) is 14.7. The highest BCUT2D eigenvalue weighted by atomic mass is 19.1. The highest BCUT2D eigenvalue weighted by molar-refractivity contribution is 5.38. The first-order chi connectivity index (χ1) is 13.8. The molecular weight excluding hydrogens is 390 g/mol. The largest absolute Gasteiger partial charge is 0.505 e. The van der Waals surface area contributed by atoms with Gasteiger partial charge in [-0.1, -0.05) is 30.3 Å². The molecular formula is C19H14F2N2O6. The second-order valence-corrected chi connectivity index (χ2v) is 5.54. The van der Waals surface area contributed by atoms with Gasteiger partial charge in [-0.25, -0.2) is 8.78 Å². The Morgan fingerprint density at radius 2 is 1.38 bits per heavy atom. The molecule has 3 rings (SSSR count). The van der Waals surface area contributed by atoms with E-state index in [-0.39, 0.29) is 23.7 Å². The first-order valence-electron chi connectivity index (χ1n) is 8.01. The second-order valence-electron chi connectivity index (χ2n) is 5.54. The van der Waals surface area contributed by atoms with Crippen LogP contribution in [0.3, 0.4) is 0 Å². The number of phenols is 1. The van der Waals surface area contributed by atoms with Crippen LogP contribution in [0.5, 0.6) is 11.5 Å². The molecule has 0 aliphatic rings. The van der Waals surface area contributed by atoms with E-state index in [2.05, 4.69) is 0 Å². The van der Waals surface area contributed by atoms with Crippen LogP contribution in [0.2, 0.25) is 0 Å². The van der Waals surface area contributed by atoms with Gasteiger partial charge in [0.1, 0.15) is 6.61 Å². The number of nitro groups is 2. The predicted molar refractivity (Wildman–Crippen MR) is 98.5 cm³/mol. The van der Waals surface area contributed by atoms with Crippen molar-refractivity contribution in [3.05, 3.63) is 104 Å². The third-order valence-corrected chi connectivity index (χ3v) is 3.51. The highest BCUT2D eigenvalue weighted by Gasteiger charge is 2.11. The van der Waals surface area contributed by atoms with Crippen LogP contribution < -0.4 is 4.74 Å². The molecule has 0 atom stereocenters. The van der Waals surface area contributed by atoms with Crippen molar-refractivity contribution >= 4 is 11.4 Å². The molecule has 0 unspecified atom stereocenters. The maximum absolute atomic E-state index is 13.5. The van der Waals surface area contributed by atoms with Gasteiger partial charge < -0.3 is 9.84 Å². The van der Waals surface area contributed by atoms with E-state index in [1.54, 1.807) is 0 Å². The summed E-state index contributed by atoms with van der Waals surface area (Å²) < 4.78 is 31.1. The number of phenolic OH excluding ortho intramolecular Hbond substituents is 1. The van der Waals surface area contributed by atoms with Crippen LogP contribution in [-0.2, 0) is 6.61 Å². The first kappa shape index (κ1) is 21.2. The van der Waals surface area contributed by atoms with Crippen molar-refractivity contribution in [3.8, 4) is 11.5 Å². The minimum Gasteiger partial charge on any atom is -0.505 e. The third-order valence-electron chi connectivity index (χ3n) is 3.51. The summed E-state index contributed by atoms with van der Waals surface area (Å²) in [4.78, 5) is 19.1. The lowest BCUT2D eigenvalue weighted by atomic mass is 10.2. The quantitative estimate of drug-likeness (QED) is 0.484. The molecule has 0 radical (unpaired) electrons. The molecule has 0 aliphatic carbocycles. The molecule has 0 amide bonds. The standard InChI is InChI=1S/C13H10FNO3.C6H4FNO3/c14-12-8-11(15(16)17)6-7-13(12)18-9-10-4-2-1-3-5-10;7-5-3-4(8(10)11)1-2-6(5)9/h1-8H,9H2;1-3,9H. The van der Waals surface area contributed by atoms with Crippen LogP contribution in [0.4, 0.5) is 20.2 Å². The Kier molecular flexibility index (Phi) is 7.13. The molecule has 0 aliphatic heterocycles. The van der Waals surface area contributed by atoms with E-state index in [1.807, 2.05) is 30.3 Å². The molecule has 0 heterocycles. The molecule has 8 nitrogen and oxygen atoms in total. The van der Waals surface area contributed by atoms with Gasteiger partial charge in [-0.2, -0.15) is 0 Å². The molecule has 29 heavy (non-hydrogen) atoms. The van der Waals surface area contributed by atoms with Crippen molar-refractivity contribution in [1.29, 1.82) is 0 Å². The molecule has 0 saturated carbocycles. The molecule has 0 aromatic heterocycles. The molecule has 0 saturated heterocycles. The van der Waals surface area contributed by atoms with Gasteiger partial charge in [0.25, 0.3) is 11.4 Å². The van der Waals surface area contributed by atoms with Crippen molar-refractivity contribution in [2.75, 3.05) is 0 Å². The minimum absolute atomic E-state index is 0.00412. The Hall–Kier alpha value is -4.08. The Morgan fingerprint density at radius 1 is 0.828 bits per heavy atom. The van der Waals surface area contributed by atoms with Gasteiger partial charge in [0, 0.05) is 12.1 Å². The Bertz CT molecular complexity index is 1010. The molecule has 0 fully saturated rings. The maximum Gasteiger partial charge on any atom is 0.272 e. The Morgan fingerprint density at radius 3 is 1.90 bits per heavy atom. The SMILES string of the molecule is O=[N+]([O-])c1ccc(O)c(F)c1.O=[N+]([O-])c1ccc(OCc2ccccc2)c(F)c1. The topological polar surface area (TPSA) is 116 Å². The number of benzene rings is 3. The minimum atomic E-state index is -0.987. The number of non-ortho nitro benzene ring substituents is 2. The summed E-state index contributed by atoms with van der Waals surface area (Å²) in [5.41, 5.74) is 0.232. The van der Waals surface area contributed by atoms with Gasteiger partial charge in [-0.05, 0) is 17.7 Å². The monoisotopic (exact) mass is 404 g/mol. The molecule has 3 aromatic carbocycles. The normalized spacial score (nSPS) is 9.86. The fourth-order valence-electron chi connectivity index (χ4n) is 2.07. The van der Waals surface area contributed by atoms with Crippen molar-refractivity contribution in [1.82, 2.24) is 0 Å². The molecule has 0 bridgehead atoms. The summed E-state index contributed by atoms with van der Waals surface area (Å²) in [5, 5.41) is 29.1. The van der Waals surface area contributed by atoms with Crippen LogP contribution in [0.15, 0.2) is 66.7 Å². The molecule has 150 valence electrons. The van der Waals surface area contributed by atoms with Gasteiger partial charge in [0.15, 0.2) is 23.1 Å². The van der Waals surface area contributed by atoms with Crippen LogP contribution in [-0.4, -0.2) is 15.0 Å². The number of nitro benzene ring substituents is 2. The Balaban J connectivity index is 0.000000234. The van der Waals surface area contributed by atoms with Gasteiger partial charge in [-0.15, -0.1) is 0 Å². The first-order valence-corrected chi connectivity index (χ1v) is 8.01. The molecule has 10 heteroatoms.